The number of urea groups is 1. The van der Waals surface area contributed by atoms with Gasteiger partial charge in [-0.3, -0.25) is 24.2 Å². The fourth-order valence-corrected chi connectivity index (χ4v) is 3.59. The maximum Gasteiger partial charge on any atom is 0.332 e. The SMILES string of the molecule is COc1cc(NC(=O)C2C(=O)N(C)C(=O)N(C)C2=O)ccc1Oc1nnc(C(C)(C)C)s1. The van der Waals surface area contributed by atoms with Crippen molar-refractivity contribution in [3.8, 4) is 16.7 Å². The molecule has 5 amide bonds. The van der Waals surface area contributed by atoms with Gasteiger partial charge in [0.1, 0.15) is 5.01 Å². The van der Waals surface area contributed by atoms with E-state index in [4.69, 9.17) is 9.47 Å². The Labute approximate surface area is 188 Å². The molecule has 1 aromatic carbocycles. The molecule has 1 aromatic heterocycles. The van der Waals surface area contributed by atoms with E-state index in [9.17, 15) is 19.2 Å². The number of nitrogens with zero attached hydrogens (tertiary/aromatic N) is 4. The van der Waals surface area contributed by atoms with Gasteiger partial charge in [-0.15, -0.1) is 5.10 Å². The van der Waals surface area contributed by atoms with E-state index in [1.54, 1.807) is 6.07 Å². The zero-order valence-corrected chi connectivity index (χ0v) is 19.3. The Bertz CT molecular complexity index is 1070. The number of aromatic nitrogens is 2. The lowest BCUT2D eigenvalue weighted by molar-refractivity contribution is -0.151. The minimum Gasteiger partial charge on any atom is -0.493 e. The number of methoxy groups -OCH3 is 1. The number of nitrogens with one attached hydrogen (secondary N) is 1. The normalized spacial score (nSPS) is 15.2. The molecule has 32 heavy (non-hydrogen) atoms. The molecule has 1 N–H and O–H groups in total. The van der Waals surface area contributed by atoms with Gasteiger partial charge in [-0.05, 0) is 12.1 Å². The van der Waals surface area contributed by atoms with Crippen molar-refractivity contribution in [1.29, 1.82) is 0 Å². The Morgan fingerprint density at radius 3 is 2.22 bits per heavy atom. The summed E-state index contributed by atoms with van der Waals surface area (Å²) in [5.74, 6) is -3.68. The summed E-state index contributed by atoms with van der Waals surface area (Å²) in [6.45, 7) is 6.05. The number of anilines is 1. The quantitative estimate of drug-likeness (QED) is 0.671. The van der Waals surface area contributed by atoms with Crippen molar-refractivity contribution in [1.82, 2.24) is 20.0 Å². The number of carbonyl (C=O) groups excluding carboxylic acids is 4. The summed E-state index contributed by atoms with van der Waals surface area (Å²) < 4.78 is 11.1. The molecule has 1 saturated heterocycles. The predicted octanol–water partition coefficient (Wildman–Crippen LogP) is 2.24. The van der Waals surface area contributed by atoms with Gasteiger partial charge in [0.15, 0.2) is 17.4 Å². The maximum absolute atomic E-state index is 12.7. The number of hydrogen-bond acceptors (Lipinski definition) is 9. The van der Waals surface area contributed by atoms with Gasteiger partial charge in [0.25, 0.3) is 17.0 Å². The number of ether oxygens (including phenoxy) is 2. The summed E-state index contributed by atoms with van der Waals surface area (Å²) in [4.78, 5) is 50.6. The molecule has 2 heterocycles. The van der Waals surface area contributed by atoms with Gasteiger partial charge in [-0.25, -0.2) is 4.79 Å². The van der Waals surface area contributed by atoms with Crippen molar-refractivity contribution >= 4 is 40.8 Å². The van der Waals surface area contributed by atoms with Crippen LogP contribution in [0.2, 0.25) is 0 Å². The molecular weight excluding hydrogens is 438 g/mol. The molecular formula is C20H23N5O6S. The topological polar surface area (TPSA) is 131 Å². The van der Waals surface area contributed by atoms with Gasteiger partial charge in [0.2, 0.25) is 5.91 Å². The number of rotatable bonds is 5. The van der Waals surface area contributed by atoms with Crippen molar-refractivity contribution in [3.05, 3.63) is 23.2 Å². The smallest absolute Gasteiger partial charge is 0.332 e. The molecule has 11 nitrogen and oxygen atoms in total. The van der Waals surface area contributed by atoms with Crippen LogP contribution >= 0.6 is 11.3 Å². The fraction of sp³-hybridized carbons (Fsp3) is 0.400. The van der Waals surface area contributed by atoms with Gasteiger partial charge in [-0.1, -0.05) is 37.2 Å². The standard InChI is InChI=1S/C20H23N5O6S/c1-20(2,3)17-22-23-18(32-17)31-11-8-7-10(9-12(11)30-6)21-14(26)13-15(27)24(4)19(29)25(5)16(13)28/h7-9,13H,1-6H3,(H,21,26). The largest absolute Gasteiger partial charge is 0.493 e. The van der Waals surface area contributed by atoms with Crippen LogP contribution in [-0.2, 0) is 19.8 Å². The number of benzene rings is 1. The van der Waals surface area contributed by atoms with Crippen molar-refractivity contribution in [2.45, 2.75) is 26.2 Å². The van der Waals surface area contributed by atoms with Crippen LogP contribution in [0.5, 0.6) is 16.7 Å². The summed E-state index contributed by atoms with van der Waals surface area (Å²) >= 11 is 1.31. The van der Waals surface area contributed by atoms with E-state index >= 15 is 0 Å². The Kier molecular flexibility index (Phi) is 6.17. The van der Waals surface area contributed by atoms with E-state index in [-0.39, 0.29) is 11.1 Å². The lowest BCUT2D eigenvalue weighted by atomic mass is 9.98. The summed E-state index contributed by atoms with van der Waals surface area (Å²) in [6, 6.07) is 3.77. The molecule has 12 heteroatoms. The average molecular weight is 462 g/mol. The van der Waals surface area contributed by atoms with Crippen molar-refractivity contribution < 1.29 is 28.7 Å². The van der Waals surface area contributed by atoms with Gasteiger partial charge in [0.05, 0.1) is 7.11 Å². The van der Waals surface area contributed by atoms with Crippen LogP contribution in [0.15, 0.2) is 18.2 Å². The molecule has 0 saturated carbocycles. The predicted molar refractivity (Wildman–Crippen MR) is 115 cm³/mol. The van der Waals surface area contributed by atoms with E-state index in [0.717, 1.165) is 14.8 Å². The molecule has 1 aliphatic heterocycles. The summed E-state index contributed by atoms with van der Waals surface area (Å²) in [7, 11) is 3.85. The molecule has 0 aliphatic carbocycles. The van der Waals surface area contributed by atoms with E-state index in [1.165, 1.54) is 44.7 Å². The number of hydrogen-bond donors (Lipinski definition) is 1. The van der Waals surface area contributed by atoms with Crippen LogP contribution in [0.3, 0.4) is 0 Å². The Morgan fingerprint density at radius 1 is 1.06 bits per heavy atom. The Balaban J connectivity index is 1.78. The lowest BCUT2D eigenvalue weighted by Crippen LogP contribution is -2.59. The van der Waals surface area contributed by atoms with Crippen LogP contribution in [0.4, 0.5) is 10.5 Å². The molecule has 0 radical (unpaired) electrons. The molecule has 0 spiro atoms. The Hall–Kier alpha value is -3.54. The van der Waals surface area contributed by atoms with Gasteiger partial charge >= 0.3 is 6.03 Å². The summed E-state index contributed by atoms with van der Waals surface area (Å²) in [5.41, 5.74) is 0.104. The second-order valence-electron chi connectivity index (χ2n) is 8.09. The summed E-state index contributed by atoms with van der Waals surface area (Å²) in [6.07, 6.45) is 0. The van der Waals surface area contributed by atoms with E-state index in [1.807, 2.05) is 20.8 Å². The van der Waals surface area contributed by atoms with E-state index < -0.39 is 29.7 Å². The molecule has 3 rings (SSSR count). The first-order valence-electron chi connectivity index (χ1n) is 9.54. The molecule has 0 bridgehead atoms. The van der Waals surface area contributed by atoms with Gasteiger partial charge in [0, 0.05) is 31.3 Å². The molecule has 2 aromatic rings. The highest BCUT2D eigenvalue weighted by molar-refractivity contribution is 7.13. The van der Waals surface area contributed by atoms with Crippen molar-refractivity contribution in [3.63, 3.8) is 0 Å². The zero-order valence-electron chi connectivity index (χ0n) is 18.5. The maximum atomic E-state index is 12.7. The van der Waals surface area contributed by atoms with Crippen LogP contribution < -0.4 is 14.8 Å². The first-order valence-corrected chi connectivity index (χ1v) is 10.4. The van der Waals surface area contributed by atoms with Crippen LogP contribution in [0.25, 0.3) is 0 Å². The lowest BCUT2D eigenvalue weighted by Gasteiger charge is -2.32. The zero-order chi connectivity index (χ0) is 23.8. The average Bonchev–Trinajstić information content (AvgIpc) is 3.21. The molecule has 1 aliphatic rings. The molecule has 0 atom stereocenters. The number of imide groups is 2. The minimum atomic E-state index is -1.66. The third-order valence-corrected chi connectivity index (χ3v) is 5.89. The highest BCUT2D eigenvalue weighted by atomic mass is 32.1. The van der Waals surface area contributed by atoms with Crippen LogP contribution in [0.1, 0.15) is 25.8 Å². The molecule has 170 valence electrons. The number of barbiturate groups is 1. The van der Waals surface area contributed by atoms with Crippen LogP contribution in [0, 0.1) is 5.92 Å². The number of amides is 5. The third kappa shape index (κ3) is 4.40. The van der Waals surface area contributed by atoms with Gasteiger partial charge in [-0.2, -0.15) is 0 Å². The number of carbonyl (C=O) groups is 4. The monoisotopic (exact) mass is 461 g/mol. The summed E-state index contributed by atoms with van der Waals surface area (Å²) in [5, 5.41) is 11.8. The second kappa shape index (κ2) is 8.54. The van der Waals surface area contributed by atoms with E-state index in [2.05, 4.69) is 15.5 Å². The van der Waals surface area contributed by atoms with Gasteiger partial charge < -0.3 is 14.8 Å². The second-order valence-corrected chi connectivity index (χ2v) is 9.03. The van der Waals surface area contributed by atoms with Crippen molar-refractivity contribution in [2.24, 2.45) is 5.92 Å². The third-order valence-electron chi connectivity index (χ3n) is 4.67. The highest BCUT2D eigenvalue weighted by Gasteiger charge is 2.46. The first kappa shape index (κ1) is 23.1. The first-order chi connectivity index (χ1) is 14.9. The fourth-order valence-electron chi connectivity index (χ4n) is 2.82. The molecule has 0 unspecified atom stereocenters. The minimum absolute atomic E-state index is 0.168. The van der Waals surface area contributed by atoms with Crippen LogP contribution in [-0.4, -0.2) is 65.0 Å². The van der Waals surface area contributed by atoms with Crippen molar-refractivity contribution in [2.75, 3.05) is 26.5 Å². The molecule has 1 fully saturated rings. The highest BCUT2D eigenvalue weighted by Crippen LogP contribution is 2.37. The Morgan fingerprint density at radius 2 is 1.69 bits per heavy atom. The van der Waals surface area contributed by atoms with E-state index in [0.29, 0.717) is 16.7 Å².